The second kappa shape index (κ2) is 3.25. The second-order valence-electron chi connectivity index (χ2n) is 3.80. The van der Waals surface area contributed by atoms with Gasteiger partial charge in [0.05, 0.1) is 0 Å². The zero-order valence-corrected chi connectivity index (χ0v) is 9.09. The molecule has 76 valence electrons. The third kappa shape index (κ3) is 1.55. The summed E-state index contributed by atoms with van der Waals surface area (Å²) >= 11 is 3.10. The minimum absolute atomic E-state index is 0.0862. The molecule has 5 heteroatoms. The highest BCUT2D eigenvalue weighted by atomic mass is 79.9. The van der Waals surface area contributed by atoms with Crippen LogP contribution in [0.5, 0.6) is 0 Å². The monoisotopic (exact) mass is 259 g/mol. The van der Waals surface area contributed by atoms with Crippen LogP contribution in [0.2, 0.25) is 0 Å². The molecule has 0 bridgehead atoms. The molecule has 1 aliphatic carbocycles. The number of hydrogen-bond acceptors (Lipinski definition) is 3. The Hall–Kier alpha value is -0.520. The van der Waals surface area contributed by atoms with Crippen molar-refractivity contribution in [1.82, 2.24) is 4.98 Å². The van der Waals surface area contributed by atoms with Gasteiger partial charge in [0.1, 0.15) is 4.60 Å². The quantitative estimate of drug-likeness (QED) is 0.747. The third-order valence-electron chi connectivity index (χ3n) is 2.60. The van der Waals surface area contributed by atoms with Gasteiger partial charge in [0.2, 0.25) is 5.95 Å². The molecule has 0 atom stereocenters. The molecule has 0 radical (unpaired) electrons. The molecule has 1 aromatic rings. The summed E-state index contributed by atoms with van der Waals surface area (Å²) < 4.78 is 13.9. The fourth-order valence-electron chi connectivity index (χ4n) is 1.88. The first-order valence-electron chi connectivity index (χ1n) is 4.38. The average Bonchev–Trinajstić information content (AvgIpc) is 2.00. The first kappa shape index (κ1) is 10.0. The molecule has 0 amide bonds. The van der Waals surface area contributed by atoms with E-state index in [0.29, 0.717) is 23.0 Å². The van der Waals surface area contributed by atoms with Crippen LogP contribution in [0.1, 0.15) is 18.4 Å². The van der Waals surface area contributed by atoms with Gasteiger partial charge >= 0.3 is 0 Å². The minimum atomic E-state index is -0.614. The van der Waals surface area contributed by atoms with Crippen molar-refractivity contribution in [2.75, 3.05) is 0 Å². The molecule has 0 spiro atoms. The molecule has 0 saturated heterocycles. The highest BCUT2D eigenvalue weighted by molar-refractivity contribution is 9.10. The maximum atomic E-state index is 13.4. The van der Waals surface area contributed by atoms with Crippen molar-refractivity contribution < 1.29 is 4.39 Å². The van der Waals surface area contributed by atoms with Gasteiger partial charge in [-0.1, -0.05) is 0 Å². The Bertz CT molecular complexity index is 363. The Morgan fingerprint density at radius 2 is 2.14 bits per heavy atom. The number of pyridine rings is 1. The summed E-state index contributed by atoms with van der Waals surface area (Å²) in [6, 6.07) is 3.44. The van der Waals surface area contributed by atoms with Crippen molar-refractivity contribution in [3.05, 3.63) is 28.2 Å². The summed E-state index contributed by atoms with van der Waals surface area (Å²) in [5, 5.41) is 0. The van der Waals surface area contributed by atoms with E-state index in [1.807, 2.05) is 0 Å². The van der Waals surface area contributed by atoms with Gasteiger partial charge in [0.25, 0.3) is 0 Å². The van der Waals surface area contributed by atoms with E-state index in [4.69, 9.17) is 11.5 Å². The van der Waals surface area contributed by atoms with E-state index < -0.39 is 11.5 Å². The molecule has 0 unspecified atom stereocenters. The number of nitrogens with two attached hydrogens (primary N) is 2. The Labute approximate surface area is 89.8 Å². The van der Waals surface area contributed by atoms with Gasteiger partial charge in [-0.15, -0.1) is 0 Å². The summed E-state index contributed by atoms with van der Waals surface area (Å²) in [5.41, 5.74) is 11.5. The fraction of sp³-hybridized carbons (Fsp3) is 0.444. The summed E-state index contributed by atoms with van der Waals surface area (Å²) in [6.45, 7) is 0. The van der Waals surface area contributed by atoms with Crippen LogP contribution in [0.25, 0.3) is 0 Å². The smallest absolute Gasteiger partial charge is 0.218 e. The molecule has 1 heterocycles. The number of aromatic nitrogens is 1. The molecular formula is C9H11BrFN3. The van der Waals surface area contributed by atoms with Crippen molar-refractivity contribution in [3.63, 3.8) is 0 Å². The van der Waals surface area contributed by atoms with Crippen LogP contribution in [0.4, 0.5) is 4.39 Å². The topological polar surface area (TPSA) is 64.9 Å². The Morgan fingerprint density at radius 1 is 1.50 bits per heavy atom. The molecule has 3 nitrogen and oxygen atoms in total. The van der Waals surface area contributed by atoms with Gasteiger partial charge in [-0.05, 0) is 40.9 Å². The zero-order chi connectivity index (χ0) is 10.3. The number of rotatable bonds is 1. The van der Waals surface area contributed by atoms with E-state index in [1.54, 1.807) is 12.1 Å². The van der Waals surface area contributed by atoms with E-state index in [-0.39, 0.29) is 6.04 Å². The standard InChI is InChI=1S/C9H11BrFN3/c10-7-2-1-6(8(11)14-7)9(13)3-5(12)4-9/h1-2,5H,3-4,12-13H2. The minimum Gasteiger partial charge on any atom is -0.328 e. The molecule has 0 aliphatic heterocycles. The molecule has 1 aliphatic rings. The molecule has 1 saturated carbocycles. The molecule has 1 aromatic heterocycles. The normalized spacial score (nSPS) is 31.3. The maximum absolute atomic E-state index is 13.4. The van der Waals surface area contributed by atoms with Crippen LogP contribution in [0, 0.1) is 5.95 Å². The average molecular weight is 260 g/mol. The number of halogens is 2. The summed E-state index contributed by atoms with van der Waals surface area (Å²) in [7, 11) is 0. The first-order valence-corrected chi connectivity index (χ1v) is 5.17. The van der Waals surface area contributed by atoms with Crippen molar-refractivity contribution >= 4 is 15.9 Å². The van der Waals surface area contributed by atoms with E-state index in [2.05, 4.69) is 20.9 Å². The van der Waals surface area contributed by atoms with Crippen LogP contribution in [-0.4, -0.2) is 11.0 Å². The summed E-state index contributed by atoms with van der Waals surface area (Å²) in [4.78, 5) is 3.68. The van der Waals surface area contributed by atoms with Gasteiger partial charge in [0.15, 0.2) is 0 Å². The molecule has 4 N–H and O–H groups in total. The lowest BCUT2D eigenvalue weighted by atomic mass is 9.70. The lowest BCUT2D eigenvalue weighted by Gasteiger charge is -2.43. The van der Waals surface area contributed by atoms with E-state index >= 15 is 0 Å². The predicted octanol–water partition coefficient (Wildman–Crippen LogP) is 1.26. The van der Waals surface area contributed by atoms with Gasteiger partial charge in [-0.25, -0.2) is 4.98 Å². The van der Waals surface area contributed by atoms with Gasteiger partial charge in [-0.2, -0.15) is 4.39 Å². The molecule has 14 heavy (non-hydrogen) atoms. The van der Waals surface area contributed by atoms with Crippen molar-refractivity contribution in [1.29, 1.82) is 0 Å². The maximum Gasteiger partial charge on any atom is 0.218 e. The largest absolute Gasteiger partial charge is 0.328 e. The fourth-order valence-corrected chi connectivity index (χ4v) is 2.17. The lowest BCUT2D eigenvalue weighted by molar-refractivity contribution is 0.203. The Morgan fingerprint density at radius 3 is 2.64 bits per heavy atom. The van der Waals surface area contributed by atoms with Gasteiger partial charge in [-0.3, -0.25) is 0 Å². The van der Waals surface area contributed by atoms with Crippen molar-refractivity contribution in [2.24, 2.45) is 11.5 Å². The predicted molar refractivity (Wildman–Crippen MR) is 55.0 cm³/mol. The van der Waals surface area contributed by atoms with Crippen LogP contribution >= 0.6 is 15.9 Å². The molecule has 1 fully saturated rings. The molecule has 2 rings (SSSR count). The molecule has 0 aromatic carbocycles. The zero-order valence-electron chi connectivity index (χ0n) is 7.50. The van der Waals surface area contributed by atoms with Crippen LogP contribution in [0.15, 0.2) is 16.7 Å². The van der Waals surface area contributed by atoms with Gasteiger partial charge in [0, 0.05) is 17.1 Å². The second-order valence-corrected chi connectivity index (χ2v) is 4.61. The van der Waals surface area contributed by atoms with Crippen molar-refractivity contribution in [2.45, 2.75) is 24.4 Å². The lowest BCUT2D eigenvalue weighted by Crippen LogP contribution is -2.55. The number of hydrogen-bond donors (Lipinski definition) is 2. The number of nitrogens with zero attached hydrogens (tertiary/aromatic N) is 1. The van der Waals surface area contributed by atoms with Crippen molar-refractivity contribution in [3.8, 4) is 0 Å². The molecular weight excluding hydrogens is 249 g/mol. The van der Waals surface area contributed by atoms with Crippen LogP contribution in [0.3, 0.4) is 0 Å². The van der Waals surface area contributed by atoms with E-state index in [1.165, 1.54) is 0 Å². The van der Waals surface area contributed by atoms with Crippen LogP contribution < -0.4 is 11.5 Å². The third-order valence-corrected chi connectivity index (χ3v) is 3.05. The highest BCUT2D eigenvalue weighted by Crippen LogP contribution is 2.38. The van der Waals surface area contributed by atoms with E-state index in [9.17, 15) is 4.39 Å². The Kier molecular flexibility index (Phi) is 2.33. The van der Waals surface area contributed by atoms with Gasteiger partial charge < -0.3 is 11.5 Å². The van der Waals surface area contributed by atoms with E-state index in [0.717, 1.165) is 0 Å². The highest BCUT2D eigenvalue weighted by Gasteiger charge is 2.42. The summed E-state index contributed by atoms with van der Waals surface area (Å²) in [6.07, 6.45) is 1.24. The van der Waals surface area contributed by atoms with Crippen LogP contribution in [-0.2, 0) is 5.54 Å². The SMILES string of the molecule is NC1CC(N)(c2ccc(Br)nc2F)C1. The first-order chi connectivity index (χ1) is 6.51. The Balaban J connectivity index is 2.33. The summed E-state index contributed by atoms with van der Waals surface area (Å²) in [5.74, 6) is -0.506.